The van der Waals surface area contributed by atoms with Gasteiger partial charge in [-0.3, -0.25) is 11.3 Å². The van der Waals surface area contributed by atoms with Crippen molar-refractivity contribution in [2.75, 3.05) is 6.61 Å². The molecule has 21 heavy (non-hydrogen) atoms. The molecule has 1 aromatic rings. The predicted octanol–water partition coefficient (Wildman–Crippen LogP) is 3.94. The van der Waals surface area contributed by atoms with Crippen molar-refractivity contribution in [3.63, 3.8) is 0 Å². The number of benzene rings is 1. The maximum atomic E-state index is 6.29. The van der Waals surface area contributed by atoms with Crippen LogP contribution in [0.1, 0.15) is 68.2 Å². The van der Waals surface area contributed by atoms with Crippen molar-refractivity contribution in [2.45, 2.75) is 70.9 Å². The molecule has 3 heteroatoms. The van der Waals surface area contributed by atoms with E-state index < -0.39 is 0 Å². The number of nitrogens with two attached hydrogens (primary N) is 1. The zero-order valence-electron chi connectivity index (χ0n) is 13.7. The summed E-state index contributed by atoms with van der Waals surface area (Å²) in [5, 5.41) is 0. The van der Waals surface area contributed by atoms with Crippen LogP contribution in [-0.4, -0.2) is 12.2 Å². The number of ether oxygens (including phenoxy) is 1. The molecule has 1 aromatic carbocycles. The molecule has 2 rings (SSSR count). The highest BCUT2D eigenvalue weighted by Gasteiger charge is 2.40. The lowest BCUT2D eigenvalue weighted by Gasteiger charge is -2.40. The molecule has 3 nitrogen and oxygen atoms in total. The summed E-state index contributed by atoms with van der Waals surface area (Å²) >= 11 is 0. The normalized spacial score (nSPS) is 20.0. The minimum Gasteiger partial charge on any atom is -0.373 e. The standard InChI is InChI=1S/C18H30N2O/c1-4-21-18(11-7-5-6-8-12-18)17(20-19)16-10-9-14(2)15(3)13-16/h9-10,13,17,20H,4-8,11-12,19H2,1-3H3. The molecule has 0 spiro atoms. The highest BCUT2D eigenvalue weighted by Crippen LogP contribution is 2.40. The van der Waals surface area contributed by atoms with E-state index in [0.29, 0.717) is 0 Å². The lowest BCUT2D eigenvalue weighted by molar-refractivity contribution is -0.0783. The zero-order valence-corrected chi connectivity index (χ0v) is 13.7. The summed E-state index contributed by atoms with van der Waals surface area (Å²) in [5.74, 6) is 5.96. The molecule has 0 amide bonds. The largest absolute Gasteiger partial charge is 0.373 e. The molecule has 3 N–H and O–H groups in total. The summed E-state index contributed by atoms with van der Waals surface area (Å²) in [5.41, 5.74) is 6.78. The van der Waals surface area contributed by atoms with E-state index in [2.05, 4.69) is 44.4 Å². The Balaban J connectivity index is 2.36. The molecule has 1 unspecified atom stereocenters. The van der Waals surface area contributed by atoms with E-state index in [1.165, 1.54) is 42.4 Å². The van der Waals surface area contributed by atoms with Gasteiger partial charge in [-0.1, -0.05) is 43.9 Å². The average Bonchev–Trinajstić information content (AvgIpc) is 2.70. The Kier molecular flexibility index (Phi) is 5.80. The van der Waals surface area contributed by atoms with Gasteiger partial charge in [-0.05, 0) is 50.3 Å². The van der Waals surface area contributed by atoms with Crippen LogP contribution >= 0.6 is 0 Å². The van der Waals surface area contributed by atoms with Crippen molar-refractivity contribution >= 4 is 0 Å². The molecule has 118 valence electrons. The average molecular weight is 290 g/mol. The second-order valence-electron chi connectivity index (χ2n) is 6.36. The van der Waals surface area contributed by atoms with Gasteiger partial charge in [0.25, 0.3) is 0 Å². The Morgan fingerprint density at radius 3 is 2.33 bits per heavy atom. The van der Waals surface area contributed by atoms with Crippen LogP contribution in [0.2, 0.25) is 0 Å². The molecule has 1 aliphatic carbocycles. The Bertz CT molecular complexity index is 451. The smallest absolute Gasteiger partial charge is 0.0889 e. The summed E-state index contributed by atoms with van der Waals surface area (Å²) in [4.78, 5) is 0. The Morgan fingerprint density at radius 1 is 1.14 bits per heavy atom. The van der Waals surface area contributed by atoms with Gasteiger partial charge in [0.2, 0.25) is 0 Å². The molecular weight excluding hydrogens is 260 g/mol. The molecule has 1 atom stereocenters. The first-order valence-corrected chi connectivity index (χ1v) is 8.30. The minimum absolute atomic E-state index is 0.0647. The summed E-state index contributed by atoms with van der Waals surface area (Å²) in [6.45, 7) is 7.13. The first kappa shape index (κ1) is 16.5. The van der Waals surface area contributed by atoms with E-state index >= 15 is 0 Å². The van der Waals surface area contributed by atoms with Crippen LogP contribution in [0, 0.1) is 13.8 Å². The van der Waals surface area contributed by atoms with Crippen LogP contribution in [0.15, 0.2) is 18.2 Å². The molecule has 1 fully saturated rings. The van der Waals surface area contributed by atoms with Gasteiger partial charge in [-0.25, -0.2) is 0 Å². The zero-order chi connectivity index (χ0) is 15.3. The Morgan fingerprint density at radius 2 is 1.81 bits per heavy atom. The molecule has 0 aliphatic heterocycles. The highest BCUT2D eigenvalue weighted by atomic mass is 16.5. The number of hydrazine groups is 1. The summed E-state index contributed by atoms with van der Waals surface area (Å²) in [7, 11) is 0. The monoisotopic (exact) mass is 290 g/mol. The fraction of sp³-hybridized carbons (Fsp3) is 0.667. The number of nitrogens with one attached hydrogen (secondary N) is 1. The van der Waals surface area contributed by atoms with Crippen molar-refractivity contribution in [2.24, 2.45) is 5.84 Å². The molecule has 0 heterocycles. The fourth-order valence-corrected chi connectivity index (χ4v) is 3.63. The van der Waals surface area contributed by atoms with Gasteiger partial charge < -0.3 is 4.74 Å². The Hall–Kier alpha value is -0.900. The van der Waals surface area contributed by atoms with E-state index in [1.807, 2.05) is 0 Å². The van der Waals surface area contributed by atoms with Gasteiger partial charge in [0.15, 0.2) is 0 Å². The van der Waals surface area contributed by atoms with Crippen molar-refractivity contribution in [1.82, 2.24) is 5.43 Å². The first-order valence-electron chi connectivity index (χ1n) is 8.30. The van der Waals surface area contributed by atoms with Gasteiger partial charge >= 0.3 is 0 Å². The van der Waals surface area contributed by atoms with Crippen LogP contribution < -0.4 is 11.3 Å². The quantitative estimate of drug-likeness (QED) is 0.490. The van der Waals surface area contributed by atoms with Gasteiger partial charge in [0.1, 0.15) is 0 Å². The summed E-state index contributed by atoms with van der Waals surface area (Å²) in [6, 6.07) is 6.70. The van der Waals surface area contributed by atoms with Crippen molar-refractivity contribution in [3.8, 4) is 0 Å². The Labute approximate surface area is 129 Å². The maximum absolute atomic E-state index is 6.29. The summed E-state index contributed by atoms with van der Waals surface area (Å²) < 4.78 is 6.29. The lowest BCUT2D eigenvalue weighted by atomic mass is 9.81. The van der Waals surface area contributed by atoms with Gasteiger partial charge in [-0.15, -0.1) is 0 Å². The van der Waals surface area contributed by atoms with E-state index in [4.69, 9.17) is 10.6 Å². The topological polar surface area (TPSA) is 47.3 Å². The SMILES string of the molecule is CCOC1(C(NN)c2ccc(C)c(C)c2)CCCCCC1. The van der Waals surface area contributed by atoms with Gasteiger partial charge in [-0.2, -0.15) is 0 Å². The molecule has 1 saturated carbocycles. The van der Waals surface area contributed by atoms with Crippen molar-refractivity contribution < 1.29 is 4.74 Å². The second kappa shape index (κ2) is 7.39. The second-order valence-corrected chi connectivity index (χ2v) is 6.36. The van der Waals surface area contributed by atoms with Crippen molar-refractivity contribution in [3.05, 3.63) is 34.9 Å². The number of rotatable bonds is 5. The van der Waals surface area contributed by atoms with Crippen LogP contribution in [0.5, 0.6) is 0 Å². The van der Waals surface area contributed by atoms with Gasteiger partial charge in [0.05, 0.1) is 11.6 Å². The summed E-state index contributed by atoms with van der Waals surface area (Å²) in [6.07, 6.45) is 7.23. The van der Waals surface area contributed by atoms with Crippen molar-refractivity contribution in [1.29, 1.82) is 0 Å². The molecule has 1 aliphatic rings. The van der Waals surface area contributed by atoms with E-state index in [-0.39, 0.29) is 11.6 Å². The number of hydrogen-bond donors (Lipinski definition) is 2. The third-order valence-corrected chi connectivity index (χ3v) is 4.94. The molecule has 0 bridgehead atoms. The van der Waals surface area contributed by atoms with E-state index in [9.17, 15) is 0 Å². The predicted molar refractivity (Wildman–Crippen MR) is 88.0 cm³/mol. The van der Waals surface area contributed by atoms with Crippen LogP contribution in [0.25, 0.3) is 0 Å². The van der Waals surface area contributed by atoms with Gasteiger partial charge in [0, 0.05) is 6.61 Å². The molecule has 0 aromatic heterocycles. The lowest BCUT2D eigenvalue weighted by Crippen LogP contribution is -2.48. The highest BCUT2D eigenvalue weighted by molar-refractivity contribution is 5.33. The van der Waals surface area contributed by atoms with Crippen LogP contribution in [-0.2, 0) is 4.74 Å². The third-order valence-electron chi connectivity index (χ3n) is 4.94. The van der Waals surface area contributed by atoms with Crippen LogP contribution in [0.4, 0.5) is 0 Å². The number of aryl methyl sites for hydroxylation is 2. The molecule has 0 radical (unpaired) electrons. The number of hydrogen-bond acceptors (Lipinski definition) is 3. The van der Waals surface area contributed by atoms with Crippen LogP contribution in [0.3, 0.4) is 0 Å². The fourth-order valence-electron chi connectivity index (χ4n) is 3.63. The maximum Gasteiger partial charge on any atom is 0.0889 e. The molecular formula is C18H30N2O. The molecule has 0 saturated heterocycles. The minimum atomic E-state index is -0.165. The first-order chi connectivity index (χ1) is 10.1. The third kappa shape index (κ3) is 3.65. The van der Waals surface area contributed by atoms with E-state index in [1.54, 1.807) is 0 Å². The van der Waals surface area contributed by atoms with E-state index in [0.717, 1.165) is 19.4 Å².